The third-order valence-corrected chi connectivity index (χ3v) is 11.5. The summed E-state index contributed by atoms with van der Waals surface area (Å²) in [6.45, 7) is 0. The van der Waals surface area contributed by atoms with E-state index in [2.05, 4.69) is 127 Å². The Morgan fingerprint density at radius 1 is 0.474 bits per heavy atom. The predicted molar refractivity (Wildman–Crippen MR) is 158 cm³/mol. The number of hydrogen-bond donors (Lipinski definition) is 0. The number of benzene rings is 6. The van der Waals surface area contributed by atoms with E-state index in [0.717, 1.165) is 17.3 Å². The van der Waals surface area contributed by atoms with Gasteiger partial charge in [0.05, 0.1) is 6.16 Å². The van der Waals surface area contributed by atoms with Gasteiger partial charge in [0.2, 0.25) is 0 Å². The standard InChI is InChI=1S/C35H27FP.ClH/c36-29-23-20-28(21-24-29)34-25-22-27-12-10-11-19-33(27)35(34)26-37(30-13-4-1-5-14-30,31-15-6-2-7-16-31)32-17-8-3-9-18-32;/h1-25H,26H2;1H/q+1;/p-1. The molecule has 0 heterocycles. The third kappa shape index (κ3) is 4.76. The second kappa shape index (κ2) is 11.3. The summed E-state index contributed by atoms with van der Waals surface area (Å²) in [7, 11) is -2.11. The predicted octanol–water partition coefficient (Wildman–Crippen LogP) is 5.14. The van der Waals surface area contributed by atoms with Crippen molar-refractivity contribution in [2.24, 2.45) is 0 Å². The van der Waals surface area contributed by atoms with Gasteiger partial charge in [0.1, 0.15) is 29.0 Å². The molecular formula is C35H27ClFP. The molecule has 0 amide bonds. The molecule has 0 bridgehead atoms. The minimum Gasteiger partial charge on any atom is -1.00 e. The second-order valence-corrected chi connectivity index (χ2v) is 12.8. The molecule has 0 atom stereocenters. The molecule has 0 saturated carbocycles. The van der Waals surface area contributed by atoms with Crippen LogP contribution in [0.3, 0.4) is 0 Å². The summed E-state index contributed by atoms with van der Waals surface area (Å²) in [4.78, 5) is 0. The molecule has 0 saturated heterocycles. The van der Waals surface area contributed by atoms with Gasteiger partial charge in [-0.2, -0.15) is 0 Å². The van der Waals surface area contributed by atoms with Gasteiger partial charge in [-0.25, -0.2) is 4.39 Å². The van der Waals surface area contributed by atoms with Gasteiger partial charge in [-0.3, -0.25) is 0 Å². The Morgan fingerprint density at radius 2 is 0.947 bits per heavy atom. The Bertz CT molecular complexity index is 1540. The molecule has 38 heavy (non-hydrogen) atoms. The summed E-state index contributed by atoms with van der Waals surface area (Å²) in [5, 5.41) is 6.52. The van der Waals surface area contributed by atoms with Crippen molar-refractivity contribution >= 4 is 33.9 Å². The normalized spacial score (nSPS) is 11.2. The number of rotatable bonds is 6. The first-order valence-corrected chi connectivity index (χ1v) is 14.5. The van der Waals surface area contributed by atoms with Crippen LogP contribution >= 0.6 is 7.26 Å². The largest absolute Gasteiger partial charge is 1.00 e. The van der Waals surface area contributed by atoms with Crippen LogP contribution in [-0.4, -0.2) is 0 Å². The molecule has 3 heteroatoms. The zero-order valence-electron chi connectivity index (χ0n) is 20.8. The topological polar surface area (TPSA) is 0 Å². The van der Waals surface area contributed by atoms with Gasteiger partial charge in [0.25, 0.3) is 0 Å². The fourth-order valence-electron chi connectivity index (χ4n) is 5.41. The van der Waals surface area contributed by atoms with E-state index < -0.39 is 7.26 Å². The molecule has 0 aliphatic heterocycles. The first-order valence-electron chi connectivity index (χ1n) is 12.6. The third-order valence-electron chi connectivity index (χ3n) is 7.18. The van der Waals surface area contributed by atoms with E-state index in [4.69, 9.17) is 0 Å². The lowest BCUT2D eigenvalue weighted by Crippen LogP contribution is -3.00. The fourth-order valence-corrected chi connectivity index (χ4v) is 9.71. The van der Waals surface area contributed by atoms with Gasteiger partial charge in [-0.1, -0.05) is 103 Å². The molecule has 0 N–H and O–H groups in total. The molecule has 0 aliphatic carbocycles. The smallest absolute Gasteiger partial charge is 0.123 e. The van der Waals surface area contributed by atoms with Gasteiger partial charge < -0.3 is 12.4 Å². The fraction of sp³-hybridized carbons (Fsp3) is 0.0286. The molecule has 0 spiro atoms. The zero-order chi connectivity index (χ0) is 25.1. The molecule has 6 aromatic carbocycles. The Labute approximate surface area is 230 Å². The molecule has 0 radical (unpaired) electrons. The van der Waals surface area contributed by atoms with Crippen molar-refractivity contribution < 1.29 is 16.8 Å². The maximum Gasteiger partial charge on any atom is 0.123 e. The van der Waals surface area contributed by atoms with E-state index in [1.165, 1.54) is 32.2 Å². The molecule has 0 aliphatic rings. The van der Waals surface area contributed by atoms with Crippen LogP contribution in [0.25, 0.3) is 21.9 Å². The van der Waals surface area contributed by atoms with Crippen LogP contribution in [0, 0.1) is 5.82 Å². The maximum atomic E-state index is 13.9. The van der Waals surface area contributed by atoms with E-state index >= 15 is 0 Å². The average Bonchev–Trinajstić information content (AvgIpc) is 2.98. The van der Waals surface area contributed by atoms with Crippen molar-refractivity contribution in [2.45, 2.75) is 6.16 Å². The highest BCUT2D eigenvalue weighted by Crippen LogP contribution is 2.59. The highest BCUT2D eigenvalue weighted by atomic mass is 35.5. The Morgan fingerprint density at radius 3 is 1.47 bits per heavy atom. The van der Waals surface area contributed by atoms with E-state index in [9.17, 15) is 4.39 Å². The summed E-state index contributed by atoms with van der Waals surface area (Å²) in [6, 6.07) is 52.9. The SMILES string of the molecule is Fc1ccc(-c2ccc3ccccc3c2C[P+](c2ccccc2)(c2ccccc2)c2ccccc2)cc1.[Cl-]. The highest BCUT2D eigenvalue weighted by molar-refractivity contribution is 7.95. The molecule has 0 unspecified atom stereocenters. The van der Waals surface area contributed by atoms with Crippen molar-refractivity contribution in [1.82, 2.24) is 0 Å². The monoisotopic (exact) mass is 532 g/mol. The summed E-state index contributed by atoms with van der Waals surface area (Å²) in [5.74, 6) is -0.217. The molecular weight excluding hydrogens is 506 g/mol. The van der Waals surface area contributed by atoms with Crippen LogP contribution in [0.1, 0.15) is 5.56 Å². The average molecular weight is 533 g/mol. The minimum absolute atomic E-state index is 0. The summed E-state index contributed by atoms with van der Waals surface area (Å²) in [6.07, 6.45) is 0.860. The van der Waals surface area contributed by atoms with Crippen molar-refractivity contribution in [3.8, 4) is 11.1 Å². The van der Waals surface area contributed by atoms with E-state index in [1.54, 1.807) is 12.1 Å². The Balaban J connectivity index is 0.00000294. The van der Waals surface area contributed by atoms with Gasteiger partial charge in [0.15, 0.2) is 0 Å². The zero-order valence-corrected chi connectivity index (χ0v) is 22.5. The Kier molecular flexibility index (Phi) is 7.70. The van der Waals surface area contributed by atoms with Crippen LogP contribution in [0.4, 0.5) is 4.39 Å². The maximum absolute atomic E-state index is 13.9. The van der Waals surface area contributed by atoms with Crippen LogP contribution < -0.4 is 28.3 Å². The highest BCUT2D eigenvalue weighted by Gasteiger charge is 2.46. The van der Waals surface area contributed by atoms with Crippen molar-refractivity contribution in [1.29, 1.82) is 0 Å². The molecule has 6 rings (SSSR count). The lowest BCUT2D eigenvalue weighted by Gasteiger charge is -2.29. The van der Waals surface area contributed by atoms with Gasteiger partial charge in [-0.05, 0) is 70.4 Å². The molecule has 6 aromatic rings. The summed E-state index contributed by atoms with van der Waals surface area (Å²) < 4.78 is 13.9. The van der Waals surface area contributed by atoms with Crippen LogP contribution in [0.2, 0.25) is 0 Å². The molecule has 0 nitrogen and oxygen atoms in total. The quantitative estimate of drug-likeness (QED) is 0.260. The van der Waals surface area contributed by atoms with Crippen molar-refractivity contribution in [3.05, 3.63) is 163 Å². The molecule has 186 valence electrons. The minimum atomic E-state index is -2.11. The molecule has 0 fully saturated rings. The summed E-state index contributed by atoms with van der Waals surface area (Å²) >= 11 is 0. The number of halogens is 2. The van der Waals surface area contributed by atoms with E-state index in [0.29, 0.717) is 0 Å². The first-order chi connectivity index (χ1) is 18.3. The van der Waals surface area contributed by atoms with Crippen LogP contribution in [0.15, 0.2) is 152 Å². The van der Waals surface area contributed by atoms with Gasteiger partial charge in [0, 0.05) is 5.56 Å². The van der Waals surface area contributed by atoms with Crippen LogP contribution in [-0.2, 0) is 6.16 Å². The van der Waals surface area contributed by atoms with Crippen molar-refractivity contribution in [2.75, 3.05) is 0 Å². The summed E-state index contributed by atoms with van der Waals surface area (Å²) in [5.41, 5.74) is 3.50. The lowest BCUT2D eigenvalue weighted by molar-refractivity contribution is -0.00000763. The first kappa shape index (κ1) is 25.9. The lowest BCUT2D eigenvalue weighted by atomic mass is 9.95. The van der Waals surface area contributed by atoms with Gasteiger partial charge in [-0.15, -0.1) is 0 Å². The Hall–Kier alpha value is -3.77. The van der Waals surface area contributed by atoms with Gasteiger partial charge >= 0.3 is 0 Å². The van der Waals surface area contributed by atoms with Crippen LogP contribution in [0.5, 0.6) is 0 Å². The van der Waals surface area contributed by atoms with E-state index in [1.807, 2.05) is 12.1 Å². The molecule has 0 aromatic heterocycles. The van der Waals surface area contributed by atoms with E-state index in [-0.39, 0.29) is 18.2 Å². The number of fused-ring (bicyclic) bond motifs is 1. The number of hydrogen-bond acceptors (Lipinski definition) is 0. The second-order valence-electron chi connectivity index (χ2n) is 9.29. The van der Waals surface area contributed by atoms with Crippen molar-refractivity contribution in [3.63, 3.8) is 0 Å².